The maximum Gasteiger partial charge on any atom is 0.293 e. The van der Waals surface area contributed by atoms with Crippen molar-refractivity contribution in [1.82, 2.24) is 20.9 Å². The van der Waals surface area contributed by atoms with Gasteiger partial charge in [0, 0.05) is 25.7 Å². The predicted octanol–water partition coefficient (Wildman–Crippen LogP) is 4.14. The van der Waals surface area contributed by atoms with Crippen LogP contribution in [0.3, 0.4) is 0 Å². The van der Waals surface area contributed by atoms with Crippen molar-refractivity contribution in [3.63, 3.8) is 0 Å². The summed E-state index contributed by atoms with van der Waals surface area (Å²) in [7, 11) is 1.98. The molecular weight excluding hydrogens is 668 g/mol. The van der Waals surface area contributed by atoms with Crippen molar-refractivity contribution in [3.8, 4) is 11.1 Å². The summed E-state index contributed by atoms with van der Waals surface area (Å²) in [5.41, 5.74) is 5.41. The van der Waals surface area contributed by atoms with Gasteiger partial charge in [0.2, 0.25) is 0 Å². The predicted molar refractivity (Wildman–Crippen MR) is 208 cm³/mol. The molecule has 2 amide bonds. The van der Waals surface area contributed by atoms with Crippen molar-refractivity contribution in [1.29, 1.82) is 0 Å². The number of ether oxygens (including phenoxy) is 1. The number of nitrogens with zero attached hydrogens (tertiary/aromatic N) is 1. The van der Waals surface area contributed by atoms with Crippen LogP contribution >= 0.6 is 0 Å². The molecule has 53 heavy (non-hydrogen) atoms. The number of hydrogen-bond donors (Lipinski definition) is 5. The molecule has 5 rings (SSSR count). The van der Waals surface area contributed by atoms with Crippen LogP contribution in [-0.4, -0.2) is 90.5 Å². The number of rotatable bonds is 17. The Bertz CT molecular complexity index is 1660. The molecule has 1 heterocycles. The van der Waals surface area contributed by atoms with Gasteiger partial charge in [0.15, 0.2) is 12.2 Å². The van der Waals surface area contributed by atoms with Gasteiger partial charge >= 0.3 is 0 Å². The number of aliphatic hydroxyl groups excluding tert-OH is 2. The number of aliphatic hydroxyl groups is 2. The summed E-state index contributed by atoms with van der Waals surface area (Å²) in [6.07, 6.45) is -2.53. The summed E-state index contributed by atoms with van der Waals surface area (Å²) in [6.45, 7) is 6.90. The Morgan fingerprint density at radius 1 is 0.811 bits per heavy atom. The Hall–Kier alpha value is -4.87. The topological polar surface area (TPSA) is 140 Å². The lowest BCUT2D eigenvalue weighted by molar-refractivity contribution is -0.149. The van der Waals surface area contributed by atoms with E-state index in [0.29, 0.717) is 13.0 Å². The molecule has 0 radical (unpaired) electrons. The Labute approximate surface area is 313 Å². The quantitative estimate of drug-likeness (QED) is 0.103. The minimum Gasteiger partial charge on any atom is -0.454 e. The number of amides is 2. The molecule has 282 valence electrons. The maximum absolute atomic E-state index is 13.1. The van der Waals surface area contributed by atoms with E-state index in [4.69, 9.17) is 4.74 Å². The summed E-state index contributed by atoms with van der Waals surface area (Å²) < 4.78 is 4.99. The maximum atomic E-state index is 13.1. The van der Waals surface area contributed by atoms with Crippen LogP contribution < -0.4 is 16.0 Å². The lowest BCUT2D eigenvalue weighted by atomic mass is 9.94. The molecule has 5 atom stereocenters. The Balaban J connectivity index is 0.000000541. The van der Waals surface area contributed by atoms with Gasteiger partial charge in [-0.05, 0) is 66.6 Å². The van der Waals surface area contributed by atoms with Crippen LogP contribution in [0.2, 0.25) is 0 Å². The number of likely N-dealkylation sites (tertiary alicyclic amines) is 1. The molecule has 0 bridgehead atoms. The standard InChI is InChI=1S/C34H41N3O6.C9H13N/c1-23(2)32(43-22-38)34(42)36-29(19-24-13-15-27(16-14-24)26-11-7-4-8-12-26)30(39)31(40)33(41)35-28-17-18-37(21-28)20-25-9-5-3-6-10-25;1-10-8-7-9-5-3-2-4-6-9/h3-16,22-23,28-32,39-40H,17-21H2,1-2H3,(H,35,41)(H,36,42);2-6,10H,7-8H2,1H3. The van der Waals surface area contributed by atoms with E-state index < -0.39 is 36.2 Å². The van der Waals surface area contributed by atoms with E-state index in [1.165, 1.54) is 11.1 Å². The van der Waals surface area contributed by atoms with Crippen molar-refractivity contribution in [3.05, 3.63) is 132 Å². The summed E-state index contributed by atoms with van der Waals surface area (Å²) >= 11 is 0. The van der Waals surface area contributed by atoms with Crippen molar-refractivity contribution >= 4 is 18.3 Å². The number of benzene rings is 4. The average molecular weight is 723 g/mol. The molecule has 10 nitrogen and oxygen atoms in total. The van der Waals surface area contributed by atoms with Gasteiger partial charge in [-0.1, -0.05) is 129 Å². The van der Waals surface area contributed by atoms with Gasteiger partial charge in [0.25, 0.3) is 18.3 Å². The third-order valence-electron chi connectivity index (χ3n) is 9.29. The first-order valence-electron chi connectivity index (χ1n) is 18.3. The lowest BCUT2D eigenvalue weighted by Crippen LogP contribution is -2.57. The molecule has 0 saturated carbocycles. The monoisotopic (exact) mass is 722 g/mol. The molecule has 5 unspecified atom stereocenters. The molecule has 0 aromatic heterocycles. The second kappa shape index (κ2) is 21.6. The molecule has 5 N–H and O–H groups in total. The fraction of sp³-hybridized carbons (Fsp3) is 0.372. The molecule has 4 aromatic rings. The van der Waals surface area contributed by atoms with Gasteiger partial charge in [-0.3, -0.25) is 19.3 Å². The van der Waals surface area contributed by atoms with Gasteiger partial charge in [-0.25, -0.2) is 0 Å². The van der Waals surface area contributed by atoms with E-state index in [1.54, 1.807) is 13.8 Å². The second-order valence-electron chi connectivity index (χ2n) is 13.8. The van der Waals surface area contributed by atoms with E-state index in [2.05, 4.69) is 57.2 Å². The van der Waals surface area contributed by atoms with Gasteiger partial charge in [0.05, 0.1) is 6.04 Å². The highest BCUT2D eigenvalue weighted by Gasteiger charge is 2.36. The van der Waals surface area contributed by atoms with Crippen molar-refractivity contribution < 1.29 is 29.3 Å². The lowest BCUT2D eigenvalue weighted by Gasteiger charge is -2.30. The fourth-order valence-corrected chi connectivity index (χ4v) is 6.33. The zero-order valence-electron chi connectivity index (χ0n) is 30.9. The van der Waals surface area contributed by atoms with Gasteiger partial charge in [-0.15, -0.1) is 0 Å². The molecule has 1 fully saturated rings. The Morgan fingerprint density at radius 3 is 1.98 bits per heavy atom. The van der Waals surface area contributed by atoms with Crippen molar-refractivity contribution in [2.24, 2.45) is 5.92 Å². The molecule has 1 saturated heterocycles. The first-order valence-corrected chi connectivity index (χ1v) is 18.3. The van der Waals surface area contributed by atoms with E-state index in [-0.39, 0.29) is 24.9 Å². The zero-order chi connectivity index (χ0) is 38.0. The summed E-state index contributed by atoms with van der Waals surface area (Å²) in [5, 5.41) is 30.9. The third kappa shape index (κ3) is 13.2. The van der Waals surface area contributed by atoms with Gasteiger partial charge in [0.1, 0.15) is 6.10 Å². The zero-order valence-corrected chi connectivity index (χ0v) is 30.9. The van der Waals surface area contributed by atoms with Crippen LogP contribution in [0.1, 0.15) is 37.0 Å². The number of carbonyl (C=O) groups excluding carboxylic acids is 3. The molecule has 1 aliphatic heterocycles. The summed E-state index contributed by atoms with van der Waals surface area (Å²) in [4.78, 5) is 39.4. The van der Waals surface area contributed by atoms with Gasteiger partial charge < -0.3 is 30.9 Å². The SMILES string of the molecule is CC(C)C(OC=O)C(=O)NC(Cc1ccc(-c2ccccc2)cc1)C(O)C(O)C(=O)NC1CCN(Cc2ccccc2)C1.CNCCc1ccccc1. The highest BCUT2D eigenvalue weighted by atomic mass is 16.5. The minimum atomic E-state index is -1.79. The van der Waals surface area contributed by atoms with E-state index in [9.17, 15) is 24.6 Å². The summed E-state index contributed by atoms with van der Waals surface area (Å²) in [5.74, 6) is -1.66. The van der Waals surface area contributed by atoms with Crippen LogP contribution in [0.25, 0.3) is 11.1 Å². The third-order valence-corrected chi connectivity index (χ3v) is 9.29. The second-order valence-corrected chi connectivity index (χ2v) is 13.8. The molecule has 0 spiro atoms. The first-order chi connectivity index (χ1) is 25.7. The Morgan fingerprint density at radius 2 is 1.40 bits per heavy atom. The van der Waals surface area contributed by atoms with Crippen LogP contribution in [-0.2, 0) is 38.5 Å². The molecule has 0 aliphatic carbocycles. The molecule has 1 aliphatic rings. The molecule has 4 aromatic carbocycles. The van der Waals surface area contributed by atoms with Gasteiger partial charge in [-0.2, -0.15) is 0 Å². The van der Waals surface area contributed by atoms with Crippen LogP contribution in [0.5, 0.6) is 0 Å². The van der Waals surface area contributed by atoms with Crippen LogP contribution in [0.4, 0.5) is 0 Å². The highest BCUT2D eigenvalue weighted by molar-refractivity contribution is 5.83. The fourth-order valence-electron chi connectivity index (χ4n) is 6.33. The van der Waals surface area contributed by atoms with E-state index >= 15 is 0 Å². The smallest absolute Gasteiger partial charge is 0.293 e. The van der Waals surface area contributed by atoms with Crippen molar-refractivity contribution in [2.45, 2.75) is 70.1 Å². The Kier molecular flexibility index (Phi) is 16.7. The van der Waals surface area contributed by atoms with Crippen molar-refractivity contribution in [2.75, 3.05) is 26.7 Å². The number of nitrogens with one attached hydrogen (secondary N) is 3. The molecular formula is C43H54N4O6. The van der Waals surface area contributed by atoms with Crippen LogP contribution in [0, 0.1) is 5.92 Å². The number of likely N-dealkylation sites (N-methyl/N-ethyl adjacent to an activating group) is 1. The number of carbonyl (C=O) groups is 3. The largest absolute Gasteiger partial charge is 0.454 e. The highest BCUT2D eigenvalue weighted by Crippen LogP contribution is 2.21. The average Bonchev–Trinajstić information content (AvgIpc) is 3.62. The first kappa shape index (κ1) is 40.9. The molecule has 10 heteroatoms. The van der Waals surface area contributed by atoms with E-state index in [0.717, 1.165) is 42.7 Å². The number of hydrogen-bond acceptors (Lipinski definition) is 8. The minimum absolute atomic E-state index is 0.131. The van der Waals surface area contributed by atoms with E-state index in [1.807, 2.05) is 85.9 Å². The summed E-state index contributed by atoms with van der Waals surface area (Å²) in [6, 6.07) is 36.8. The normalized spacial score (nSPS) is 16.4. The van der Waals surface area contributed by atoms with Crippen LogP contribution in [0.15, 0.2) is 115 Å².